The summed E-state index contributed by atoms with van der Waals surface area (Å²) < 4.78 is 7.20. The number of aromatic nitrogens is 2. The molecule has 1 N–H and O–H groups in total. The van der Waals surface area contributed by atoms with Crippen molar-refractivity contribution in [3.05, 3.63) is 45.7 Å². The largest absolute Gasteiger partial charge is 0.490 e. The fourth-order valence-corrected chi connectivity index (χ4v) is 2.88. The zero-order valence-electron chi connectivity index (χ0n) is 11.7. The van der Waals surface area contributed by atoms with E-state index in [1.165, 1.54) is 36.1 Å². The molecule has 4 heteroatoms. The van der Waals surface area contributed by atoms with Crippen LogP contribution in [0, 0.1) is 0 Å². The fourth-order valence-electron chi connectivity index (χ4n) is 2.47. The predicted molar refractivity (Wildman–Crippen MR) is 83.2 cm³/mol. The van der Waals surface area contributed by atoms with Crippen molar-refractivity contribution in [2.75, 3.05) is 0 Å². The second-order valence-electron chi connectivity index (χ2n) is 5.33. The molecule has 1 aromatic carbocycles. The summed E-state index contributed by atoms with van der Waals surface area (Å²) in [5.74, 6) is 1.01. The zero-order valence-corrected chi connectivity index (χ0v) is 13.2. The van der Waals surface area contributed by atoms with Crippen molar-refractivity contribution in [1.82, 2.24) is 10.2 Å². The van der Waals surface area contributed by atoms with E-state index >= 15 is 0 Å². The number of halogens is 1. The van der Waals surface area contributed by atoms with Crippen LogP contribution < -0.4 is 4.74 Å². The van der Waals surface area contributed by atoms with Crippen LogP contribution in [-0.4, -0.2) is 16.3 Å². The highest BCUT2D eigenvalue weighted by atomic mass is 79.9. The van der Waals surface area contributed by atoms with Gasteiger partial charge in [-0.15, -0.1) is 0 Å². The summed E-state index contributed by atoms with van der Waals surface area (Å²) in [6.45, 7) is 2.14. The van der Waals surface area contributed by atoms with E-state index in [9.17, 15) is 0 Å². The highest BCUT2D eigenvalue weighted by molar-refractivity contribution is 9.10. The van der Waals surface area contributed by atoms with Gasteiger partial charge in [-0.3, -0.25) is 5.10 Å². The van der Waals surface area contributed by atoms with Gasteiger partial charge < -0.3 is 4.74 Å². The molecular weight excluding hydrogens is 316 g/mol. The van der Waals surface area contributed by atoms with Crippen molar-refractivity contribution in [2.24, 2.45) is 0 Å². The molecule has 0 saturated heterocycles. The third kappa shape index (κ3) is 2.90. The van der Waals surface area contributed by atoms with Crippen molar-refractivity contribution in [3.8, 4) is 5.75 Å². The van der Waals surface area contributed by atoms with Gasteiger partial charge in [-0.05, 0) is 55.0 Å². The van der Waals surface area contributed by atoms with Gasteiger partial charge in [0.2, 0.25) is 0 Å². The van der Waals surface area contributed by atoms with Crippen LogP contribution in [0.25, 0.3) is 0 Å². The average molecular weight is 335 g/mol. The van der Waals surface area contributed by atoms with E-state index in [4.69, 9.17) is 4.74 Å². The molecule has 1 saturated carbocycles. The second kappa shape index (κ2) is 6.00. The first-order chi connectivity index (χ1) is 9.76. The molecule has 20 heavy (non-hydrogen) atoms. The van der Waals surface area contributed by atoms with E-state index in [1.807, 2.05) is 12.3 Å². The second-order valence-corrected chi connectivity index (χ2v) is 6.24. The van der Waals surface area contributed by atoms with E-state index < -0.39 is 0 Å². The molecule has 0 spiro atoms. The molecule has 1 aliphatic carbocycles. The molecule has 0 unspecified atom stereocenters. The molecular formula is C16H19BrN2O. The first-order valence-corrected chi connectivity index (χ1v) is 8.01. The van der Waals surface area contributed by atoms with Crippen LogP contribution in [0.5, 0.6) is 5.75 Å². The Morgan fingerprint density at radius 3 is 2.90 bits per heavy atom. The minimum absolute atomic E-state index is 0.407. The number of nitrogens with one attached hydrogen (secondary N) is 1. The van der Waals surface area contributed by atoms with E-state index in [2.05, 4.69) is 45.2 Å². The maximum Gasteiger partial charge on any atom is 0.123 e. The average Bonchev–Trinajstić information content (AvgIpc) is 2.83. The van der Waals surface area contributed by atoms with Gasteiger partial charge in [0.15, 0.2) is 0 Å². The van der Waals surface area contributed by atoms with Crippen LogP contribution in [-0.2, 0) is 12.8 Å². The highest BCUT2D eigenvalue weighted by Gasteiger charge is 2.20. The van der Waals surface area contributed by atoms with Crippen LogP contribution in [0.15, 0.2) is 28.9 Å². The van der Waals surface area contributed by atoms with Gasteiger partial charge in [-0.2, -0.15) is 5.10 Å². The van der Waals surface area contributed by atoms with Crippen LogP contribution in [0.1, 0.15) is 43.0 Å². The van der Waals surface area contributed by atoms with E-state index in [0.29, 0.717) is 6.10 Å². The summed E-state index contributed by atoms with van der Waals surface area (Å²) in [4.78, 5) is 0. The van der Waals surface area contributed by atoms with Crippen molar-refractivity contribution < 1.29 is 4.74 Å². The van der Waals surface area contributed by atoms with Crippen molar-refractivity contribution in [3.63, 3.8) is 0 Å². The van der Waals surface area contributed by atoms with Gasteiger partial charge in [-0.1, -0.05) is 22.9 Å². The highest BCUT2D eigenvalue weighted by Crippen LogP contribution is 2.31. The number of nitrogens with zero attached hydrogens (tertiary/aromatic N) is 1. The predicted octanol–water partition coefficient (Wildman–Crippen LogP) is 4.26. The Morgan fingerprint density at radius 1 is 1.35 bits per heavy atom. The van der Waals surface area contributed by atoms with Crippen LogP contribution in [0.4, 0.5) is 0 Å². The number of aromatic amines is 1. The minimum Gasteiger partial charge on any atom is -0.490 e. The first-order valence-electron chi connectivity index (χ1n) is 7.22. The lowest BCUT2D eigenvalue weighted by atomic mass is 9.96. The normalized spacial score (nSPS) is 15.1. The molecule has 1 aliphatic rings. The number of rotatable bonds is 5. The van der Waals surface area contributed by atoms with Gasteiger partial charge in [0, 0.05) is 16.6 Å². The topological polar surface area (TPSA) is 37.9 Å². The molecule has 3 nitrogen and oxygen atoms in total. The van der Waals surface area contributed by atoms with Gasteiger partial charge in [0.25, 0.3) is 0 Å². The quantitative estimate of drug-likeness (QED) is 0.887. The third-order valence-corrected chi connectivity index (χ3v) is 4.40. The Morgan fingerprint density at radius 2 is 2.20 bits per heavy atom. The molecule has 1 fully saturated rings. The standard InChI is InChI=1S/C16H19BrN2O/c1-2-15-12(10-18-19-15)8-11-9-13(17)6-7-16(11)20-14-4-3-5-14/h6-7,9-10,14H,2-5,8H2,1H3,(H,18,19). The minimum atomic E-state index is 0.407. The Bertz CT molecular complexity index is 590. The van der Waals surface area contributed by atoms with Gasteiger partial charge in [-0.25, -0.2) is 0 Å². The summed E-state index contributed by atoms with van der Waals surface area (Å²) in [6, 6.07) is 6.28. The molecule has 0 aliphatic heterocycles. The fraction of sp³-hybridized carbons (Fsp3) is 0.438. The zero-order chi connectivity index (χ0) is 13.9. The molecule has 2 aromatic rings. The monoisotopic (exact) mass is 334 g/mol. The van der Waals surface area contributed by atoms with Crippen molar-refractivity contribution >= 4 is 15.9 Å². The maximum atomic E-state index is 6.11. The lowest BCUT2D eigenvalue weighted by molar-refractivity contribution is 0.119. The van der Waals surface area contributed by atoms with Crippen molar-refractivity contribution in [1.29, 1.82) is 0 Å². The molecule has 3 rings (SSSR count). The molecule has 0 atom stereocenters. The van der Waals surface area contributed by atoms with E-state index in [-0.39, 0.29) is 0 Å². The number of H-pyrrole nitrogens is 1. The molecule has 0 bridgehead atoms. The lowest BCUT2D eigenvalue weighted by Crippen LogP contribution is -2.25. The number of aryl methyl sites for hydroxylation is 1. The molecule has 1 heterocycles. The number of ether oxygens (including phenoxy) is 1. The van der Waals surface area contributed by atoms with Gasteiger partial charge in [0.1, 0.15) is 5.75 Å². The van der Waals surface area contributed by atoms with Crippen molar-refractivity contribution in [2.45, 2.75) is 45.1 Å². The lowest BCUT2D eigenvalue weighted by Gasteiger charge is -2.27. The van der Waals surface area contributed by atoms with E-state index in [0.717, 1.165) is 23.1 Å². The third-order valence-electron chi connectivity index (χ3n) is 3.91. The SMILES string of the molecule is CCc1[nH]ncc1Cc1cc(Br)ccc1OC1CCC1. The van der Waals surface area contributed by atoms with Crippen LogP contribution >= 0.6 is 15.9 Å². The Labute approximate surface area is 127 Å². The number of hydrogen-bond donors (Lipinski definition) is 1. The summed E-state index contributed by atoms with van der Waals surface area (Å²) >= 11 is 3.55. The van der Waals surface area contributed by atoms with Crippen LogP contribution in [0.3, 0.4) is 0 Å². The molecule has 1 aromatic heterocycles. The summed E-state index contributed by atoms with van der Waals surface area (Å²) in [5.41, 5.74) is 3.69. The summed E-state index contributed by atoms with van der Waals surface area (Å²) in [6.07, 6.45) is 7.82. The number of hydrogen-bond acceptors (Lipinski definition) is 2. The smallest absolute Gasteiger partial charge is 0.123 e. The Kier molecular flexibility index (Phi) is 4.10. The molecule has 106 valence electrons. The molecule has 0 amide bonds. The molecule has 0 radical (unpaired) electrons. The Hall–Kier alpha value is -1.29. The maximum absolute atomic E-state index is 6.11. The summed E-state index contributed by atoms with van der Waals surface area (Å²) in [7, 11) is 0. The number of benzene rings is 1. The van der Waals surface area contributed by atoms with E-state index in [1.54, 1.807) is 0 Å². The van der Waals surface area contributed by atoms with Gasteiger partial charge >= 0.3 is 0 Å². The first kappa shape index (κ1) is 13.7. The Balaban J connectivity index is 1.84. The van der Waals surface area contributed by atoms with Gasteiger partial charge in [0.05, 0.1) is 12.3 Å². The summed E-state index contributed by atoms with van der Waals surface area (Å²) in [5, 5.41) is 7.22. The van der Waals surface area contributed by atoms with Crippen LogP contribution in [0.2, 0.25) is 0 Å².